The molecule has 0 unspecified atom stereocenters. The van der Waals surface area contributed by atoms with Gasteiger partial charge in [-0.1, -0.05) is 44.0 Å². The monoisotopic (exact) mass is 530 g/mol. The Kier molecular flexibility index (Phi) is 11.1. The first-order valence-electron chi connectivity index (χ1n) is 12.9. The minimum atomic E-state index is -0.552. The lowest BCUT2D eigenvalue weighted by atomic mass is 10.1. The van der Waals surface area contributed by atoms with Gasteiger partial charge in [-0.05, 0) is 72.5 Å². The maximum atomic E-state index is 12.3. The molecule has 0 atom stereocenters. The highest BCUT2D eigenvalue weighted by Crippen LogP contribution is 2.16. The van der Waals surface area contributed by atoms with E-state index in [1.807, 2.05) is 12.1 Å². The molecule has 0 aliphatic carbocycles. The summed E-state index contributed by atoms with van der Waals surface area (Å²) in [6.45, 7) is 2.33. The zero-order valence-electron chi connectivity index (χ0n) is 22.1. The van der Waals surface area contributed by atoms with Crippen molar-refractivity contribution in [3.05, 3.63) is 95.1 Å². The lowest BCUT2D eigenvalue weighted by Gasteiger charge is -2.08. The number of hydrogen-bond acceptors (Lipinski definition) is 8. The summed E-state index contributed by atoms with van der Waals surface area (Å²) >= 11 is 0. The van der Waals surface area contributed by atoms with Crippen molar-refractivity contribution >= 4 is 35.4 Å². The second-order valence-electron chi connectivity index (χ2n) is 8.99. The van der Waals surface area contributed by atoms with Crippen molar-refractivity contribution in [2.75, 3.05) is 24.7 Å². The fourth-order valence-electron chi connectivity index (χ4n) is 3.70. The van der Waals surface area contributed by atoms with Crippen LogP contribution in [0, 0.1) is 0 Å². The first-order valence-corrected chi connectivity index (χ1v) is 12.9. The number of aryl methyl sites for hydroxylation is 1. The van der Waals surface area contributed by atoms with Crippen LogP contribution in [0.25, 0.3) is 6.08 Å². The van der Waals surface area contributed by atoms with Gasteiger partial charge in [0.15, 0.2) is 0 Å². The van der Waals surface area contributed by atoms with Crippen molar-refractivity contribution in [3.63, 3.8) is 0 Å². The highest BCUT2D eigenvalue weighted by Gasteiger charge is 2.10. The number of nitrogens with two attached hydrogens (primary N) is 2. The summed E-state index contributed by atoms with van der Waals surface area (Å²) in [5, 5.41) is 0. The topological polar surface area (TPSA) is 131 Å². The summed E-state index contributed by atoms with van der Waals surface area (Å²) in [5.41, 5.74) is 14.7. The standard InChI is InChI=1S/C31H34N2O6/c1-2-3-4-6-22-9-14-28(15-10-22)39-29(34)16-11-23-7-12-24(13-8-23)30(35)37-17-5-18-38-31(36)25-19-26(32)21-27(33)20-25/h7-16,19-21H,2-6,17-18,32-33H2,1H3/b16-11+. The van der Waals surface area contributed by atoms with E-state index in [2.05, 4.69) is 6.92 Å². The minimum absolute atomic E-state index is 0.0732. The van der Waals surface area contributed by atoms with Gasteiger partial charge in [-0.15, -0.1) is 0 Å². The molecule has 8 nitrogen and oxygen atoms in total. The van der Waals surface area contributed by atoms with E-state index in [0.717, 1.165) is 18.4 Å². The summed E-state index contributed by atoms with van der Waals surface area (Å²) in [7, 11) is 0. The molecular formula is C31H34N2O6. The van der Waals surface area contributed by atoms with Crippen molar-refractivity contribution in [1.82, 2.24) is 0 Å². The van der Waals surface area contributed by atoms with Gasteiger partial charge in [0.1, 0.15) is 5.75 Å². The molecular weight excluding hydrogens is 496 g/mol. The molecule has 4 N–H and O–H groups in total. The van der Waals surface area contributed by atoms with Crippen LogP contribution in [0.2, 0.25) is 0 Å². The van der Waals surface area contributed by atoms with Crippen molar-refractivity contribution in [2.45, 2.75) is 39.0 Å². The molecule has 0 aliphatic heterocycles. The van der Waals surface area contributed by atoms with E-state index in [1.165, 1.54) is 36.6 Å². The third-order valence-corrected chi connectivity index (χ3v) is 5.74. The van der Waals surface area contributed by atoms with E-state index in [9.17, 15) is 14.4 Å². The predicted molar refractivity (Wildman–Crippen MR) is 151 cm³/mol. The third-order valence-electron chi connectivity index (χ3n) is 5.74. The van der Waals surface area contributed by atoms with Gasteiger partial charge in [-0.2, -0.15) is 0 Å². The lowest BCUT2D eigenvalue weighted by molar-refractivity contribution is -0.128. The van der Waals surface area contributed by atoms with Crippen molar-refractivity contribution in [3.8, 4) is 5.75 Å². The molecule has 0 saturated heterocycles. The fraction of sp³-hybridized carbons (Fsp3) is 0.258. The third kappa shape index (κ3) is 10.0. The molecule has 0 fully saturated rings. The predicted octanol–water partition coefficient (Wildman–Crippen LogP) is 5.61. The Morgan fingerprint density at radius 1 is 0.744 bits per heavy atom. The van der Waals surface area contributed by atoms with Crippen LogP contribution in [-0.2, 0) is 20.7 Å². The summed E-state index contributed by atoms with van der Waals surface area (Å²) in [4.78, 5) is 36.5. The summed E-state index contributed by atoms with van der Waals surface area (Å²) in [6, 6.07) is 18.7. The van der Waals surface area contributed by atoms with Crippen LogP contribution >= 0.6 is 0 Å². The number of carbonyl (C=O) groups is 3. The molecule has 0 amide bonds. The average Bonchev–Trinajstić information content (AvgIpc) is 2.92. The number of anilines is 2. The van der Waals surface area contributed by atoms with Crippen LogP contribution < -0.4 is 16.2 Å². The van der Waals surface area contributed by atoms with Crippen LogP contribution in [0.4, 0.5) is 11.4 Å². The smallest absolute Gasteiger partial charge is 0.338 e. The maximum Gasteiger partial charge on any atom is 0.338 e. The van der Waals surface area contributed by atoms with E-state index < -0.39 is 17.9 Å². The molecule has 0 spiro atoms. The molecule has 39 heavy (non-hydrogen) atoms. The molecule has 3 rings (SSSR count). The molecule has 3 aromatic rings. The van der Waals surface area contributed by atoms with Crippen LogP contribution in [0.1, 0.15) is 64.4 Å². The van der Waals surface area contributed by atoms with E-state index in [-0.39, 0.29) is 18.8 Å². The zero-order valence-corrected chi connectivity index (χ0v) is 22.1. The van der Waals surface area contributed by atoms with E-state index in [4.69, 9.17) is 25.7 Å². The number of esters is 3. The maximum absolute atomic E-state index is 12.3. The molecule has 8 heteroatoms. The molecule has 0 radical (unpaired) electrons. The van der Waals surface area contributed by atoms with Gasteiger partial charge in [-0.25, -0.2) is 14.4 Å². The van der Waals surface area contributed by atoms with E-state index in [1.54, 1.807) is 48.5 Å². The quantitative estimate of drug-likeness (QED) is 0.0959. The van der Waals surface area contributed by atoms with Gasteiger partial charge in [0.2, 0.25) is 0 Å². The highest BCUT2D eigenvalue weighted by molar-refractivity contribution is 5.92. The first kappa shape index (κ1) is 29.0. The number of benzene rings is 3. The van der Waals surface area contributed by atoms with Gasteiger partial charge in [0.05, 0.1) is 24.3 Å². The molecule has 0 aromatic heterocycles. The van der Waals surface area contributed by atoms with Crippen LogP contribution in [0.3, 0.4) is 0 Å². The molecule has 3 aromatic carbocycles. The fourth-order valence-corrected chi connectivity index (χ4v) is 3.70. The Morgan fingerprint density at radius 3 is 1.97 bits per heavy atom. The van der Waals surface area contributed by atoms with Gasteiger partial charge >= 0.3 is 17.9 Å². The Labute approximate surface area is 228 Å². The second-order valence-corrected chi connectivity index (χ2v) is 8.99. The number of hydrogen-bond donors (Lipinski definition) is 2. The van der Waals surface area contributed by atoms with Gasteiger partial charge in [0, 0.05) is 23.9 Å². The second kappa shape index (κ2) is 15.0. The number of nitrogen functional groups attached to an aromatic ring is 2. The van der Waals surface area contributed by atoms with Gasteiger partial charge < -0.3 is 25.7 Å². The average molecular weight is 531 g/mol. The summed E-state index contributed by atoms with van der Waals surface area (Å²) in [5.74, 6) is -1.05. The molecule has 0 bridgehead atoms. The van der Waals surface area contributed by atoms with E-state index >= 15 is 0 Å². The van der Waals surface area contributed by atoms with Gasteiger partial charge in [0.25, 0.3) is 0 Å². The Morgan fingerprint density at radius 2 is 1.36 bits per heavy atom. The van der Waals surface area contributed by atoms with Crippen molar-refractivity contribution < 1.29 is 28.6 Å². The molecule has 0 heterocycles. The SMILES string of the molecule is CCCCCc1ccc(OC(=O)/C=C/c2ccc(C(=O)OCCCOC(=O)c3cc(N)cc(N)c3)cc2)cc1. The highest BCUT2D eigenvalue weighted by atomic mass is 16.5. The zero-order chi connectivity index (χ0) is 28.0. The molecule has 0 aliphatic rings. The van der Waals surface area contributed by atoms with Crippen LogP contribution in [-0.4, -0.2) is 31.1 Å². The molecule has 0 saturated carbocycles. The summed E-state index contributed by atoms with van der Waals surface area (Å²) in [6.07, 6.45) is 7.82. The van der Waals surface area contributed by atoms with Crippen molar-refractivity contribution in [2.24, 2.45) is 0 Å². The minimum Gasteiger partial charge on any atom is -0.462 e. The van der Waals surface area contributed by atoms with E-state index in [0.29, 0.717) is 29.1 Å². The molecule has 204 valence electrons. The Balaban J connectivity index is 1.37. The van der Waals surface area contributed by atoms with Gasteiger partial charge in [-0.3, -0.25) is 0 Å². The van der Waals surface area contributed by atoms with Crippen molar-refractivity contribution in [1.29, 1.82) is 0 Å². The number of ether oxygens (including phenoxy) is 3. The number of carbonyl (C=O) groups excluding carboxylic acids is 3. The number of unbranched alkanes of at least 4 members (excludes halogenated alkanes) is 2. The largest absolute Gasteiger partial charge is 0.462 e. The first-order chi connectivity index (χ1) is 18.8. The summed E-state index contributed by atoms with van der Waals surface area (Å²) < 4.78 is 15.7. The van der Waals surface area contributed by atoms with Crippen LogP contribution in [0.15, 0.2) is 72.8 Å². The number of rotatable bonds is 13. The lowest BCUT2D eigenvalue weighted by Crippen LogP contribution is -2.11. The van der Waals surface area contributed by atoms with Crippen LogP contribution in [0.5, 0.6) is 5.75 Å². The normalized spacial score (nSPS) is 10.8. The Bertz CT molecular complexity index is 1260. The Hall–Kier alpha value is -4.59.